The Hall–Kier alpha value is -0.0400. The SMILES string of the molecule is CC(C)C1(C(C)C)CCC(N)CC1. The number of nitrogens with two attached hydrogens (primary N) is 1. The van der Waals surface area contributed by atoms with Crippen LogP contribution in [0.1, 0.15) is 53.4 Å². The smallest absolute Gasteiger partial charge is 0.00392 e. The summed E-state index contributed by atoms with van der Waals surface area (Å²) in [5, 5.41) is 0. The van der Waals surface area contributed by atoms with E-state index in [0.29, 0.717) is 11.5 Å². The molecule has 1 rings (SSSR count). The van der Waals surface area contributed by atoms with Gasteiger partial charge in [0.15, 0.2) is 0 Å². The number of hydrogen-bond donors (Lipinski definition) is 1. The van der Waals surface area contributed by atoms with Crippen LogP contribution < -0.4 is 5.73 Å². The molecule has 1 heteroatoms. The molecule has 0 aromatic heterocycles. The van der Waals surface area contributed by atoms with Gasteiger partial charge in [-0.3, -0.25) is 0 Å². The van der Waals surface area contributed by atoms with Gasteiger partial charge in [-0.05, 0) is 42.9 Å². The first-order valence-electron chi connectivity index (χ1n) is 5.74. The van der Waals surface area contributed by atoms with E-state index in [1.165, 1.54) is 25.7 Å². The molecule has 0 heterocycles. The van der Waals surface area contributed by atoms with E-state index in [2.05, 4.69) is 27.7 Å². The molecular formula is C12H25N. The van der Waals surface area contributed by atoms with E-state index >= 15 is 0 Å². The normalized spacial score (nSPS) is 24.2. The highest BCUT2D eigenvalue weighted by Gasteiger charge is 2.39. The average molecular weight is 183 g/mol. The first-order chi connectivity index (χ1) is 5.99. The van der Waals surface area contributed by atoms with Crippen LogP contribution in [-0.2, 0) is 0 Å². The van der Waals surface area contributed by atoms with Gasteiger partial charge >= 0.3 is 0 Å². The van der Waals surface area contributed by atoms with Gasteiger partial charge in [0.05, 0.1) is 0 Å². The summed E-state index contributed by atoms with van der Waals surface area (Å²) in [6, 6.07) is 0.477. The molecule has 0 saturated heterocycles. The molecule has 78 valence electrons. The Labute approximate surface area is 83.1 Å². The summed E-state index contributed by atoms with van der Waals surface area (Å²) < 4.78 is 0. The van der Waals surface area contributed by atoms with Crippen LogP contribution in [0.4, 0.5) is 0 Å². The second-order valence-corrected chi connectivity index (χ2v) is 5.38. The van der Waals surface area contributed by atoms with Crippen LogP contribution in [0.2, 0.25) is 0 Å². The molecule has 0 radical (unpaired) electrons. The lowest BCUT2D eigenvalue weighted by Gasteiger charge is -2.46. The fourth-order valence-electron chi connectivity index (χ4n) is 3.00. The Kier molecular flexibility index (Phi) is 3.39. The molecule has 13 heavy (non-hydrogen) atoms. The Balaban J connectivity index is 2.69. The highest BCUT2D eigenvalue weighted by Crippen LogP contribution is 2.47. The molecule has 1 saturated carbocycles. The molecule has 1 aliphatic rings. The predicted molar refractivity (Wildman–Crippen MR) is 58.6 cm³/mol. The Bertz CT molecular complexity index is 143. The molecular weight excluding hydrogens is 158 g/mol. The van der Waals surface area contributed by atoms with Gasteiger partial charge in [-0.15, -0.1) is 0 Å². The second kappa shape index (κ2) is 4.00. The van der Waals surface area contributed by atoms with Crippen molar-refractivity contribution in [2.75, 3.05) is 0 Å². The van der Waals surface area contributed by atoms with Gasteiger partial charge < -0.3 is 5.73 Å². The van der Waals surface area contributed by atoms with Crippen LogP contribution in [0.25, 0.3) is 0 Å². The summed E-state index contributed by atoms with van der Waals surface area (Å²) in [4.78, 5) is 0. The third-order valence-corrected chi connectivity index (χ3v) is 4.26. The minimum atomic E-state index is 0.477. The fourth-order valence-corrected chi connectivity index (χ4v) is 3.00. The van der Waals surface area contributed by atoms with Gasteiger partial charge in [-0.2, -0.15) is 0 Å². The Morgan fingerprint density at radius 1 is 1.00 bits per heavy atom. The van der Waals surface area contributed by atoms with Gasteiger partial charge in [-0.1, -0.05) is 27.7 Å². The molecule has 0 amide bonds. The summed E-state index contributed by atoms with van der Waals surface area (Å²) in [6.07, 6.45) is 5.14. The van der Waals surface area contributed by atoms with Gasteiger partial charge in [0.2, 0.25) is 0 Å². The Morgan fingerprint density at radius 3 is 1.69 bits per heavy atom. The topological polar surface area (TPSA) is 26.0 Å². The van der Waals surface area contributed by atoms with Crippen LogP contribution in [-0.4, -0.2) is 6.04 Å². The molecule has 1 nitrogen and oxygen atoms in total. The van der Waals surface area contributed by atoms with Gasteiger partial charge in [0.1, 0.15) is 0 Å². The molecule has 1 fully saturated rings. The minimum absolute atomic E-state index is 0.477. The van der Waals surface area contributed by atoms with E-state index < -0.39 is 0 Å². The maximum atomic E-state index is 5.96. The van der Waals surface area contributed by atoms with E-state index in [-0.39, 0.29) is 0 Å². The standard InChI is InChI=1S/C12H25N/c1-9(2)12(10(3)4)7-5-11(13)6-8-12/h9-11H,5-8,13H2,1-4H3. The zero-order valence-corrected chi connectivity index (χ0v) is 9.64. The first-order valence-corrected chi connectivity index (χ1v) is 5.74. The van der Waals surface area contributed by atoms with Crippen LogP contribution in [0.5, 0.6) is 0 Å². The van der Waals surface area contributed by atoms with Crippen LogP contribution in [0, 0.1) is 17.3 Å². The summed E-state index contributed by atoms with van der Waals surface area (Å²) in [7, 11) is 0. The predicted octanol–water partition coefficient (Wildman–Crippen LogP) is 3.19. The van der Waals surface area contributed by atoms with Gasteiger partial charge in [0.25, 0.3) is 0 Å². The monoisotopic (exact) mass is 183 g/mol. The number of hydrogen-bond acceptors (Lipinski definition) is 1. The molecule has 0 unspecified atom stereocenters. The van der Waals surface area contributed by atoms with E-state index in [1.54, 1.807) is 0 Å². The molecule has 2 N–H and O–H groups in total. The van der Waals surface area contributed by atoms with Crippen LogP contribution >= 0.6 is 0 Å². The van der Waals surface area contributed by atoms with Crippen LogP contribution in [0.15, 0.2) is 0 Å². The summed E-state index contributed by atoms with van der Waals surface area (Å²) >= 11 is 0. The maximum absolute atomic E-state index is 5.96. The van der Waals surface area contributed by atoms with E-state index in [9.17, 15) is 0 Å². The van der Waals surface area contributed by atoms with E-state index in [0.717, 1.165) is 11.8 Å². The lowest BCUT2D eigenvalue weighted by Crippen LogP contribution is -2.40. The lowest BCUT2D eigenvalue weighted by atomic mass is 9.60. The first kappa shape index (κ1) is 11.0. The van der Waals surface area contributed by atoms with E-state index in [4.69, 9.17) is 5.73 Å². The molecule has 0 aromatic rings. The van der Waals surface area contributed by atoms with Crippen molar-refractivity contribution in [1.29, 1.82) is 0 Å². The highest BCUT2D eigenvalue weighted by molar-refractivity contribution is 4.91. The Morgan fingerprint density at radius 2 is 1.38 bits per heavy atom. The van der Waals surface area contributed by atoms with Gasteiger partial charge in [-0.25, -0.2) is 0 Å². The molecule has 0 aromatic carbocycles. The minimum Gasteiger partial charge on any atom is -0.328 e. The van der Waals surface area contributed by atoms with Crippen molar-refractivity contribution >= 4 is 0 Å². The molecule has 0 bridgehead atoms. The summed E-state index contributed by atoms with van der Waals surface area (Å²) in [5.74, 6) is 1.61. The number of rotatable bonds is 2. The van der Waals surface area contributed by atoms with Crippen molar-refractivity contribution < 1.29 is 0 Å². The lowest BCUT2D eigenvalue weighted by molar-refractivity contribution is 0.0522. The molecule has 0 aliphatic heterocycles. The maximum Gasteiger partial charge on any atom is 0.00392 e. The summed E-state index contributed by atoms with van der Waals surface area (Å²) in [6.45, 7) is 9.49. The molecule has 1 aliphatic carbocycles. The third-order valence-electron chi connectivity index (χ3n) is 4.26. The molecule has 0 spiro atoms. The fraction of sp³-hybridized carbons (Fsp3) is 1.00. The van der Waals surface area contributed by atoms with Gasteiger partial charge in [0, 0.05) is 6.04 Å². The average Bonchev–Trinajstić information content (AvgIpc) is 2.04. The van der Waals surface area contributed by atoms with Crippen molar-refractivity contribution in [2.24, 2.45) is 23.0 Å². The zero-order valence-electron chi connectivity index (χ0n) is 9.64. The quantitative estimate of drug-likeness (QED) is 0.699. The second-order valence-electron chi connectivity index (χ2n) is 5.38. The van der Waals surface area contributed by atoms with Crippen molar-refractivity contribution in [3.05, 3.63) is 0 Å². The largest absolute Gasteiger partial charge is 0.328 e. The highest BCUT2D eigenvalue weighted by atomic mass is 14.6. The van der Waals surface area contributed by atoms with Crippen molar-refractivity contribution in [2.45, 2.75) is 59.4 Å². The molecule has 0 atom stereocenters. The zero-order chi connectivity index (χ0) is 10.1. The summed E-state index contributed by atoms with van der Waals surface area (Å²) in [5.41, 5.74) is 6.54. The van der Waals surface area contributed by atoms with E-state index in [1.807, 2.05) is 0 Å². The van der Waals surface area contributed by atoms with Crippen molar-refractivity contribution in [3.8, 4) is 0 Å². The third kappa shape index (κ3) is 2.07. The van der Waals surface area contributed by atoms with Crippen LogP contribution in [0.3, 0.4) is 0 Å². The van der Waals surface area contributed by atoms with Crippen molar-refractivity contribution in [3.63, 3.8) is 0 Å². The van der Waals surface area contributed by atoms with Crippen molar-refractivity contribution in [1.82, 2.24) is 0 Å².